The predicted molar refractivity (Wildman–Crippen MR) is 89.2 cm³/mol. The van der Waals surface area contributed by atoms with Gasteiger partial charge in [-0.15, -0.1) is 0 Å². The third kappa shape index (κ3) is 2.70. The molecule has 1 aromatic rings. The van der Waals surface area contributed by atoms with Gasteiger partial charge in [0.25, 0.3) is 0 Å². The molecule has 1 aliphatic carbocycles. The molecule has 0 radical (unpaired) electrons. The van der Waals surface area contributed by atoms with E-state index in [1.165, 1.54) is 11.3 Å². The molecule has 0 N–H and O–H groups in total. The number of fused-ring (bicyclic) bond motifs is 1. The van der Waals surface area contributed by atoms with Gasteiger partial charge in [-0.05, 0) is 36.5 Å². The predicted octanol–water partition coefficient (Wildman–Crippen LogP) is 2.48. The Hall–Kier alpha value is -1.62. The van der Waals surface area contributed by atoms with Crippen molar-refractivity contribution in [2.24, 2.45) is 4.99 Å². The monoisotopic (exact) mass is 316 g/mol. The first-order chi connectivity index (χ1) is 10.6. The summed E-state index contributed by atoms with van der Waals surface area (Å²) in [6.45, 7) is 1.81. The first kappa shape index (κ1) is 14.0. The molecule has 22 heavy (non-hydrogen) atoms. The second-order valence-electron chi connectivity index (χ2n) is 6.38. The second-order valence-corrected chi connectivity index (χ2v) is 8.67. The summed E-state index contributed by atoms with van der Waals surface area (Å²) in [7, 11) is -2.95. The minimum atomic E-state index is -2.95. The van der Waals surface area contributed by atoms with Gasteiger partial charge in [-0.25, -0.2) is 8.42 Å². The van der Waals surface area contributed by atoms with Crippen molar-refractivity contribution in [1.29, 1.82) is 0 Å². The molecule has 0 unspecified atom stereocenters. The molecule has 4 nitrogen and oxygen atoms in total. The molecule has 1 fully saturated rings. The van der Waals surface area contributed by atoms with Gasteiger partial charge in [0.15, 0.2) is 9.84 Å². The van der Waals surface area contributed by atoms with E-state index in [4.69, 9.17) is 0 Å². The summed E-state index contributed by atoms with van der Waals surface area (Å²) in [5, 5.41) is -0.0881. The summed E-state index contributed by atoms with van der Waals surface area (Å²) in [5.41, 5.74) is 4.53. The van der Waals surface area contributed by atoms with Crippen molar-refractivity contribution in [1.82, 2.24) is 0 Å². The number of sulfone groups is 1. The fraction of sp³-hybridized carbons (Fsp3) is 0.471. The van der Waals surface area contributed by atoms with Crippen LogP contribution in [0.1, 0.15) is 30.4 Å². The first-order valence-corrected chi connectivity index (χ1v) is 9.63. The number of anilines is 1. The quantitative estimate of drug-likeness (QED) is 0.838. The van der Waals surface area contributed by atoms with E-state index in [-0.39, 0.29) is 11.0 Å². The van der Waals surface area contributed by atoms with Crippen molar-refractivity contribution >= 4 is 21.7 Å². The molecule has 0 saturated heterocycles. The van der Waals surface area contributed by atoms with Gasteiger partial charge in [0.05, 0.1) is 23.2 Å². The molecule has 0 spiro atoms. The van der Waals surface area contributed by atoms with Crippen LogP contribution < -0.4 is 4.90 Å². The minimum Gasteiger partial charge on any atom is -0.365 e. The largest absolute Gasteiger partial charge is 0.365 e. The van der Waals surface area contributed by atoms with Crippen molar-refractivity contribution in [2.45, 2.75) is 36.7 Å². The molecule has 4 rings (SSSR count). The number of rotatable bonds is 5. The Morgan fingerprint density at radius 2 is 2.14 bits per heavy atom. The molecule has 116 valence electrons. The van der Waals surface area contributed by atoms with Gasteiger partial charge >= 0.3 is 0 Å². The number of hydrogen-bond donors (Lipinski definition) is 0. The highest BCUT2D eigenvalue weighted by molar-refractivity contribution is 7.91. The number of benzene rings is 1. The Labute approximate surface area is 131 Å². The SMILES string of the molecule is O=S(=O)(Cc1ccc2c(c1)N(CC1=CCC=N1)CC2)C1CC1. The third-order valence-electron chi connectivity index (χ3n) is 4.61. The lowest BCUT2D eigenvalue weighted by atomic mass is 10.1. The van der Waals surface area contributed by atoms with Crippen LogP contribution in [0.4, 0.5) is 5.69 Å². The third-order valence-corrected chi connectivity index (χ3v) is 6.83. The van der Waals surface area contributed by atoms with E-state index in [9.17, 15) is 8.42 Å². The van der Waals surface area contributed by atoms with Crippen molar-refractivity contribution in [3.8, 4) is 0 Å². The summed E-state index contributed by atoms with van der Waals surface area (Å²) < 4.78 is 24.4. The summed E-state index contributed by atoms with van der Waals surface area (Å²) in [6, 6.07) is 6.15. The molecule has 0 amide bonds. The lowest BCUT2D eigenvalue weighted by Gasteiger charge is -2.19. The van der Waals surface area contributed by atoms with Crippen LogP contribution in [0.5, 0.6) is 0 Å². The average molecular weight is 316 g/mol. The van der Waals surface area contributed by atoms with Crippen LogP contribution in [0, 0.1) is 0 Å². The van der Waals surface area contributed by atoms with E-state index in [1.807, 2.05) is 12.3 Å². The summed E-state index contributed by atoms with van der Waals surface area (Å²) in [5.74, 6) is 0.180. The normalized spacial score (nSPS) is 20.4. The molecule has 0 atom stereocenters. The molecular weight excluding hydrogens is 296 g/mol. The standard InChI is InChI=1S/C17H20N2O2S/c20-22(21,16-5-6-16)12-13-3-4-14-7-9-19(17(14)10-13)11-15-2-1-8-18-15/h2-4,8,10,16H,1,5-7,9,11-12H2. The average Bonchev–Trinajstić information content (AvgIpc) is 3.12. The van der Waals surface area contributed by atoms with Crippen LogP contribution in [-0.2, 0) is 22.0 Å². The highest BCUT2D eigenvalue weighted by Gasteiger charge is 2.35. The molecule has 3 aliphatic rings. The van der Waals surface area contributed by atoms with Gasteiger partial charge < -0.3 is 4.90 Å². The zero-order valence-corrected chi connectivity index (χ0v) is 13.3. The number of nitrogens with zero attached hydrogens (tertiary/aromatic N) is 2. The van der Waals surface area contributed by atoms with Crippen LogP contribution in [0.15, 0.2) is 35.0 Å². The van der Waals surface area contributed by atoms with Crippen molar-refractivity contribution in [3.63, 3.8) is 0 Å². The molecular formula is C17H20N2O2S. The first-order valence-electron chi connectivity index (χ1n) is 7.92. The number of allylic oxidation sites excluding steroid dienone is 1. The van der Waals surface area contributed by atoms with E-state index < -0.39 is 9.84 Å². The zero-order valence-electron chi connectivity index (χ0n) is 12.5. The van der Waals surface area contributed by atoms with Crippen LogP contribution >= 0.6 is 0 Å². The highest BCUT2D eigenvalue weighted by atomic mass is 32.2. The van der Waals surface area contributed by atoms with Crippen LogP contribution in [-0.4, -0.2) is 33.0 Å². The number of hydrogen-bond acceptors (Lipinski definition) is 4. The van der Waals surface area contributed by atoms with Gasteiger partial charge in [0, 0.05) is 24.9 Å². The lowest BCUT2D eigenvalue weighted by molar-refractivity contribution is 0.594. The summed E-state index contributed by atoms with van der Waals surface area (Å²) in [6.07, 6.45) is 7.72. The summed E-state index contributed by atoms with van der Waals surface area (Å²) >= 11 is 0. The van der Waals surface area contributed by atoms with Crippen molar-refractivity contribution < 1.29 is 8.42 Å². The van der Waals surface area contributed by atoms with Crippen molar-refractivity contribution in [2.75, 3.05) is 18.0 Å². The second kappa shape index (κ2) is 5.23. The van der Waals surface area contributed by atoms with Crippen LogP contribution in [0.25, 0.3) is 0 Å². The van der Waals surface area contributed by atoms with Gasteiger partial charge in [0.1, 0.15) is 0 Å². The van der Waals surface area contributed by atoms with Gasteiger partial charge in [-0.1, -0.05) is 18.2 Å². The molecule has 1 aromatic carbocycles. The molecule has 2 heterocycles. The number of aliphatic imine (C=N–C) groups is 1. The maximum atomic E-state index is 12.2. The van der Waals surface area contributed by atoms with Crippen LogP contribution in [0.3, 0.4) is 0 Å². The summed E-state index contributed by atoms with van der Waals surface area (Å²) in [4.78, 5) is 6.70. The van der Waals surface area contributed by atoms with E-state index in [0.717, 1.165) is 50.0 Å². The van der Waals surface area contributed by atoms with Gasteiger partial charge in [0.2, 0.25) is 0 Å². The Bertz CT molecular complexity index is 761. The van der Waals surface area contributed by atoms with Crippen molar-refractivity contribution in [3.05, 3.63) is 41.1 Å². The fourth-order valence-corrected chi connectivity index (χ4v) is 4.97. The Kier molecular flexibility index (Phi) is 3.33. The molecule has 5 heteroatoms. The van der Waals surface area contributed by atoms with E-state index in [1.54, 1.807) is 0 Å². The Balaban J connectivity index is 1.56. The molecule has 2 aliphatic heterocycles. The maximum absolute atomic E-state index is 12.2. The topological polar surface area (TPSA) is 49.7 Å². The van der Waals surface area contributed by atoms with Gasteiger partial charge in [-0.2, -0.15) is 0 Å². The van der Waals surface area contributed by atoms with E-state index in [0.29, 0.717) is 0 Å². The Morgan fingerprint density at radius 1 is 1.27 bits per heavy atom. The van der Waals surface area contributed by atoms with Gasteiger partial charge in [-0.3, -0.25) is 4.99 Å². The smallest absolute Gasteiger partial charge is 0.157 e. The minimum absolute atomic E-state index is 0.0881. The Morgan fingerprint density at radius 3 is 2.86 bits per heavy atom. The highest BCUT2D eigenvalue weighted by Crippen LogP contribution is 2.34. The van der Waals surface area contributed by atoms with Crippen LogP contribution in [0.2, 0.25) is 0 Å². The zero-order chi connectivity index (χ0) is 15.2. The molecule has 1 saturated carbocycles. The maximum Gasteiger partial charge on any atom is 0.157 e. The van der Waals surface area contributed by atoms with E-state index in [2.05, 4.69) is 28.1 Å². The fourth-order valence-electron chi connectivity index (χ4n) is 3.23. The van der Waals surface area contributed by atoms with E-state index >= 15 is 0 Å². The molecule has 0 bridgehead atoms. The lowest BCUT2D eigenvalue weighted by Crippen LogP contribution is -2.22. The molecule has 0 aromatic heterocycles.